The third-order valence-electron chi connectivity index (χ3n) is 1.92. The number of phenolic OH excluding ortho intramolecular Hbond substituents is 2. The van der Waals surface area contributed by atoms with Crippen LogP contribution in [0, 0.1) is 6.92 Å². The number of hydrogen-bond acceptors (Lipinski definition) is 4. The van der Waals surface area contributed by atoms with Crippen molar-refractivity contribution >= 4 is 0 Å². The molecule has 0 heterocycles. The van der Waals surface area contributed by atoms with Gasteiger partial charge in [0, 0.05) is 11.6 Å². The topological polar surface area (TPSA) is 86.7 Å². The third kappa shape index (κ3) is 1.91. The summed E-state index contributed by atoms with van der Waals surface area (Å²) in [5.74, 6) is -0.0945. The molecule has 1 aromatic rings. The monoisotopic (exact) mass is 183 g/mol. The number of aryl methyl sites for hydroxylation is 1. The Hall–Kier alpha value is -1.26. The van der Waals surface area contributed by atoms with Gasteiger partial charge in [0.2, 0.25) is 0 Å². The van der Waals surface area contributed by atoms with Crippen molar-refractivity contribution in [1.29, 1.82) is 0 Å². The molecule has 0 spiro atoms. The Balaban J connectivity index is 3.20. The fourth-order valence-corrected chi connectivity index (χ4v) is 1.33. The van der Waals surface area contributed by atoms with E-state index in [4.69, 9.17) is 15.9 Å². The molecule has 4 nitrogen and oxygen atoms in total. The maximum absolute atomic E-state index is 9.42. The predicted octanol–water partition coefficient (Wildman–Crippen LogP) is 0.398. The van der Waals surface area contributed by atoms with Crippen LogP contribution in [0.25, 0.3) is 0 Å². The number of phenols is 2. The number of benzene rings is 1. The summed E-state index contributed by atoms with van der Waals surface area (Å²) in [7, 11) is 0. The largest absolute Gasteiger partial charge is 0.508 e. The van der Waals surface area contributed by atoms with Crippen molar-refractivity contribution in [1.82, 2.24) is 0 Å². The van der Waals surface area contributed by atoms with Gasteiger partial charge in [0.15, 0.2) is 0 Å². The van der Waals surface area contributed by atoms with Crippen LogP contribution in [0.3, 0.4) is 0 Å². The van der Waals surface area contributed by atoms with E-state index in [-0.39, 0.29) is 18.1 Å². The summed E-state index contributed by atoms with van der Waals surface area (Å²) >= 11 is 0. The van der Waals surface area contributed by atoms with Crippen molar-refractivity contribution in [2.45, 2.75) is 13.0 Å². The van der Waals surface area contributed by atoms with Crippen LogP contribution < -0.4 is 5.73 Å². The lowest BCUT2D eigenvalue weighted by Gasteiger charge is -2.14. The molecule has 5 N–H and O–H groups in total. The van der Waals surface area contributed by atoms with Gasteiger partial charge in [-0.1, -0.05) is 0 Å². The summed E-state index contributed by atoms with van der Waals surface area (Å²) in [5, 5.41) is 27.3. The highest BCUT2D eigenvalue weighted by Crippen LogP contribution is 2.30. The lowest BCUT2D eigenvalue weighted by molar-refractivity contribution is 0.264. The van der Waals surface area contributed by atoms with Crippen LogP contribution in [-0.2, 0) is 0 Å². The van der Waals surface area contributed by atoms with Crippen molar-refractivity contribution in [3.05, 3.63) is 23.3 Å². The molecule has 1 atom stereocenters. The summed E-state index contributed by atoms with van der Waals surface area (Å²) in [6.07, 6.45) is 0. The van der Waals surface area contributed by atoms with E-state index in [9.17, 15) is 5.11 Å². The van der Waals surface area contributed by atoms with Gasteiger partial charge < -0.3 is 21.1 Å². The molecule has 0 radical (unpaired) electrons. The number of nitrogens with two attached hydrogens (primary N) is 1. The van der Waals surface area contributed by atoms with Gasteiger partial charge in [-0.15, -0.1) is 0 Å². The van der Waals surface area contributed by atoms with Crippen molar-refractivity contribution in [2.75, 3.05) is 6.61 Å². The fourth-order valence-electron chi connectivity index (χ4n) is 1.33. The molecular formula is C9H13NO3. The molecule has 0 saturated heterocycles. The van der Waals surface area contributed by atoms with Gasteiger partial charge in [-0.3, -0.25) is 0 Å². The van der Waals surface area contributed by atoms with Gasteiger partial charge in [-0.2, -0.15) is 0 Å². The van der Waals surface area contributed by atoms with Crippen LogP contribution in [-0.4, -0.2) is 21.9 Å². The van der Waals surface area contributed by atoms with Crippen LogP contribution in [0.15, 0.2) is 12.1 Å². The Morgan fingerprint density at radius 3 is 2.46 bits per heavy atom. The first kappa shape index (κ1) is 9.83. The fraction of sp³-hybridized carbons (Fsp3) is 0.333. The second-order valence-corrected chi connectivity index (χ2v) is 2.98. The van der Waals surface area contributed by atoms with Crippen LogP contribution in [0.2, 0.25) is 0 Å². The molecule has 0 aromatic heterocycles. The number of aliphatic hydroxyl groups is 1. The minimum Gasteiger partial charge on any atom is -0.508 e. The number of aliphatic hydroxyl groups excluding tert-OH is 1. The van der Waals surface area contributed by atoms with Crippen molar-refractivity contribution < 1.29 is 15.3 Å². The Morgan fingerprint density at radius 1 is 1.38 bits per heavy atom. The first-order valence-corrected chi connectivity index (χ1v) is 3.95. The summed E-state index contributed by atoms with van der Waals surface area (Å²) < 4.78 is 0. The lowest BCUT2D eigenvalue weighted by Crippen LogP contribution is -2.15. The van der Waals surface area contributed by atoms with Gasteiger partial charge in [0.25, 0.3) is 0 Å². The first-order valence-electron chi connectivity index (χ1n) is 3.95. The van der Waals surface area contributed by atoms with Crippen molar-refractivity contribution in [2.24, 2.45) is 5.73 Å². The summed E-state index contributed by atoms with van der Waals surface area (Å²) in [6, 6.07) is 2.09. The molecule has 4 heteroatoms. The van der Waals surface area contributed by atoms with Gasteiger partial charge in [-0.05, 0) is 18.6 Å². The van der Waals surface area contributed by atoms with E-state index in [0.29, 0.717) is 11.1 Å². The number of aromatic hydroxyl groups is 2. The number of hydrogen-bond donors (Lipinski definition) is 4. The Morgan fingerprint density at radius 2 is 2.00 bits per heavy atom. The molecule has 0 amide bonds. The Labute approximate surface area is 76.2 Å². The minimum atomic E-state index is -0.611. The van der Waals surface area contributed by atoms with E-state index in [0.717, 1.165) is 0 Å². The standard InChI is InChI=1S/C9H13NO3/c1-5-2-6(12)3-8(13)9(5)7(10)4-11/h2-3,7,11-13H,4,10H2,1H3. The van der Waals surface area contributed by atoms with E-state index >= 15 is 0 Å². The van der Waals surface area contributed by atoms with Crippen LogP contribution >= 0.6 is 0 Å². The maximum atomic E-state index is 9.42. The van der Waals surface area contributed by atoms with E-state index in [1.54, 1.807) is 6.92 Å². The van der Waals surface area contributed by atoms with Crippen molar-refractivity contribution in [3.8, 4) is 11.5 Å². The molecule has 0 aliphatic carbocycles. The van der Waals surface area contributed by atoms with Crippen LogP contribution in [0.5, 0.6) is 11.5 Å². The van der Waals surface area contributed by atoms with Gasteiger partial charge in [-0.25, -0.2) is 0 Å². The highest BCUT2D eigenvalue weighted by atomic mass is 16.3. The summed E-state index contributed by atoms with van der Waals surface area (Å²) in [4.78, 5) is 0. The second kappa shape index (κ2) is 3.64. The van der Waals surface area contributed by atoms with Gasteiger partial charge in [0.1, 0.15) is 11.5 Å². The zero-order valence-corrected chi connectivity index (χ0v) is 7.36. The SMILES string of the molecule is Cc1cc(O)cc(O)c1C(N)CO. The summed E-state index contributed by atoms with van der Waals surface area (Å²) in [6.45, 7) is 1.48. The lowest BCUT2D eigenvalue weighted by atomic mass is 10.0. The second-order valence-electron chi connectivity index (χ2n) is 2.98. The van der Waals surface area contributed by atoms with E-state index in [1.807, 2.05) is 0 Å². The zero-order valence-electron chi connectivity index (χ0n) is 7.36. The molecule has 0 fully saturated rings. The molecule has 0 aliphatic rings. The first-order chi connectivity index (χ1) is 6.06. The van der Waals surface area contributed by atoms with E-state index < -0.39 is 6.04 Å². The summed E-state index contributed by atoms with van der Waals surface area (Å²) in [5.41, 5.74) is 6.69. The molecule has 1 rings (SSSR count). The highest BCUT2D eigenvalue weighted by Gasteiger charge is 2.13. The molecule has 0 bridgehead atoms. The van der Waals surface area contributed by atoms with Crippen molar-refractivity contribution in [3.63, 3.8) is 0 Å². The van der Waals surface area contributed by atoms with Gasteiger partial charge in [0.05, 0.1) is 12.6 Å². The van der Waals surface area contributed by atoms with Gasteiger partial charge >= 0.3 is 0 Å². The molecular weight excluding hydrogens is 170 g/mol. The Kier molecular flexibility index (Phi) is 2.75. The molecule has 72 valence electrons. The predicted molar refractivity (Wildman–Crippen MR) is 48.5 cm³/mol. The molecule has 0 aliphatic heterocycles. The highest BCUT2D eigenvalue weighted by molar-refractivity contribution is 5.46. The van der Waals surface area contributed by atoms with Crippen LogP contribution in [0.1, 0.15) is 17.2 Å². The normalized spacial score (nSPS) is 12.8. The van der Waals surface area contributed by atoms with E-state index in [1.165, 1.54) is 12.1 Å². The average Bonchev–Trinajstić information content (AvgIpc) is 2.02. The average molecular weight is 183 g/mol. The van der Waals surface area contributed by atoms with Crippen LogP contribution in [0.4, 0.5) is 0 Å². The molecule has 1 unspecified atom stereocenters. The Bertz CT molecular complexity index is 289. The molecule has 0 saturated carbocycles. The van der Waals surface area contributed by atoms with E-state index in [2.05, 4.69) is 0 Å². The number of rotatable bonds is 2. The quantitative estimate of drug-likeness (QED) is 0.534. The molecule has 1 aromatic carbocycles. The zero-order chi connectivity index (χ0) is 10.0. The maximum Gasteiger partial charge on any atom is 0.124 e. The molecule has 13 heavy (non-hydrogen) atoms. The third-order valence-corrected chi connectivity index (χ3v) is 1.92. The smallest absolute Gasteiger partial charge is 0.124 e. The minimum absolute atomic E-state index is 0.0103.